The average molecular weight is 231 g/mol. The molecule has 0 saturated heterocycles. The fourth-order valence-electron chi connectivity index (χ4n) is 2.73. The summed E-state index contributed by atoms with van der Waals surface area (Å²) in [5.74, 6) is 0. The van der Waals surface area contributed by atoms with Gasteiger partial charge in [-0.3, -0.25) is 0 Å². The van der Waals surface area contributed by atoms with Crippen LogP contribution in [0.2, 0.25) is 0 Å². The van der Waals surface area contributed by atoms with Crippen LogP contribution in [-0.2, 0) is 6.42 Å². The first-order valence-corrected chi connectivity index (χ1v) is 6.89. The highest BCUT2D eigenvalue weighted by atomic mass is 14.9. The van der Waals surface area contributed by atoms with Gasteiger partial charge >= 0.3 is 0 Å². The van der Waals surface area contributed by atoms with Crippen molar-refractivity contribution in [3.8, 4) is 0 Å². The van der Waals surface area contributed by atoms with Gasteiger partial charge in [0.1, 0.15) is 0 Å². The first kappa shape index (κ1) is 12.6. The molecule has 0 aliphatic heterocycles. The fraction of sp³-hybridized carbons (Fsp3) is 0.625. The quantitative estimate of drug-likeness (QED) is 0.814. The van der Waals surface area contributed by atoms with E-state index >= 15 is 0 Å². The maximum Gasteiger partial charge on any atom is 0.00134 e. The Kier molecular flexibility index (Phi) is 3.88. The summed E-state index contributed by atoms with van der Waals surface area (Å²) in [5, 5.41) is 3.63. The minimum Gasteiger partial charge on any atom is -0.314 e. The molecule has 1 aliphatic rings. The Labute approximate surface area is 106 Å². The molecule has 0 heterocycles. The zero-order valence-corrected chi connectivity index (χ0v) is 11.4. The predicted molar refractivity (Wildman–Crippen MR) is 74.3 cm³/mol. The maximum atomic E-state index is 3.63. The van der Waals surface area contributed by atoms with Crippen LogP contribution < -0.4 is 5.32 Å². The monoisotopic (exact) mass is 231 g/mol. The number of rotatable bonds is 5. The van der Waals surface area contributed by atoms with Gasteiger partial charge in [-0.2, -0.15) is 0 Å². The lowest BCUT2D eigenvalue weighted by Gasteiger charge is -2.43. The highest BCUT2D eigenvalue weighted by molar-refractivity contribution is 5.27. The van der Waals surface area contributed by atoms with Crippen LogP contribution >= 0.6 is 0 Å². The zero-order chi connectivity index (χ0) is 12.3. The molecule has 0 bridgehead atoms. The van der Waals surface area contributed by atoms with Crippen molar-refractivity contribution in [1.29, 1.82) is 0 Å². The number of hydrogen-bond donors (Lipinski definition) is 1. The summed E-state index contributed by atoms with van der Waals surface area (Å²) in [6.45, 7) is 7.89. The van der Waals surface area contributed by atoms with Gasteiger partial charge in [0.25, 0.3) is 0 Å². The van der Waals surface area contributed by atoms with E-state index in [2.05, 4.69) is 50.4 Å². The average Bonchev–Trinajstić information content (AvgIpc) is 2.24. The largest absolute Gasteiger partial charge is 0.314 e. The Morgan fingerprint density at radius 1 is 1.24 bits per heavy atom. The van der Waals surface area contributed by atoms with Crippen molar-refractivity contribution in [3.05, 3.63) is 35.4 Å². The number of aryl methyl sites for hydroxylation is 1. The molecule has 2 rings (SSSR count). The number of hydrogen-bond acceptors (Lipinski definition) is 1. The second kappa shape index (κ2) is 5.22. The third-order valence-electron chi connectivity index (χ3n) is 4.13. The van der Waals surface area contributed by atoms with E-state index in [1.165, 1.54) is 43.4 Å². The zero-order valence-electron chi connectivity index (χ0n) is 11.4. The van der Waals surface area contributed by atoms with Gasteiger partial charge in [-0.1, -0.05) is 44.5 Å². The second-order valence-corrected chi connectivity index (χ2v) is 5.99. The van der Waals surface area contributed by atoms with Gasteiger partial charge in [0.2, 0.25) is 0 Å². The summed E-state index contributed by atoms with van der Waals surface area (Å²) in [6.07, 6.45) is 5.44. The molecule has 1 nitrogen and oxygen atoms in total. The van der Waals surface area contributed by atoms with Crippen LogP contribution in [0.25, 0.3) is 0 Å². The molecule has 17 heavy (non-hydrogen) atoms. The van der Waals surface area contributed by atoms with Gasteiger partial charge in [-0.25, -0.2) is 0 Å². The third-order valence-corrected chi connectivity index (χ3v) is 4.13. The fourth-order valence-corrected chi connectivity index (χ4v) is 2.73. The van der Waals surface area contributed by atoms with E-state index in [0.717, 1.165) is 0 Å². The summed E-state index contributed by atoms with van der Waals surface area (Å²) in [4.78, 5) is 0. The van der Waals surface area contributed by atoms with Crippen molar-refractivity contribution < 1.29 is 0 Å². The predicted octanol–water partition coefficient (Wildman–Crippen LogP) is 3.71. The molecule has 1 fully saturated rings. The Hall–Kier alpha value is -0.820. The highest BCUT2D eigenvalue weighted by Crippen LogP contribution is 2.43. The van der Waals surface area contributed by atoms with Gasteiger partial charge in [-0.15, -0.1) is 0 Å². The van der Waals surface area contributed by atoms with Crippen molar-refractivity contribution in [3.63, 3.8) is 0 Å². The van der Waals surface area contributed by atoms with E-state index in [9.17, 15) is 0 Å². The van der Waals surface area contributed by atoms with Crippen LogP contribution in [0.4, 0.5) is 0 Å². The van der Waals surface area contributed by atoms with Crippen LogP contribution in [0.5, 0.6) is 0 Å². The molecule has 1 heteroatoms. The van der Waals surface area contributed by atoms with Crippen molar-refractivity contribution in [1.82, 2.24) is 5.32 Å². The molecule has 0 spiro atoms. The van der Waals surface area contributed by atoms with E-state index < -0.39 is 0 Å². The summed E-state index contributed by atoms with van der Waals surface area (Å²) in [6, 6.07) is 9.44. The smallest absolute Gasteiger partial charge is 0.00134 e. The molecule has 0 unspecified atom stereocenters. The minimum absolute atomic E-state index is 0.538. The molecule has 1 aromatic rings. The highest BCUT2D eigenvalue weighted by Gasteiger charge is 2.36. The van der Waals surface area contributed by atoms with Crippen LogP contribution in [0.15, 0.2) is 24.3 Å². The van der Waals surface area contributed by atoms with Crippen LogP contribution in [0.1, 0.15) is 44.2 Å². The van der Waals surface area contributed by atoms with Gasteiger partial charge in [0.05, 0.1) is 0 Å². The second-order valence-electron chi connectivity index (χ2n) is 5.99. The Morgan fingerprint density at radius 3 is 2.47 bits per heavy atom. The first-order valence-electron chi connectivity index (χ1n) is 6.89. The van der Waals surface area contributed by atoms with E-state index in [4.69, 9.17) is 0 Å². The van der Waals surface area contributed by atoms with Crippen molar-refractivity contribution in [2.45, 2.75) is 52.5 Å². The summed E-state index contributed by atoms with van der Waals surface area (Å²) in [7, 11) is 0. The number of nitrogens with one attached hydrogen (secondary N) is 1. The Morgan fingerprint density at radius 2 is 1.94 bits per heavy atom. The van der Waals surface area contributed by atoms with Crippen LogP contribution in [0, 0.1) is 12.3 Å². The maximum absolute atomic E-state index is 3.63. The Bertz CT molecular complexity index is 364. The molecular weight excluding hydrogens is 206 g/mol. The van der Waals surface area contributed by atoms with Gasteiger partial charge in [0.15, 0.2) is 0 Å². The molecule has 0 radical (unpaired) electrons. The van der Waals surface area contributed by atoms with E-state index in [1.54, 1.807) is 0 Å². The number of benzene rings is 1. The lowest BCUT2D eigenvalue weighted by Crippen LogP contribution is -2.43. The van der Waals surface area contributed by atoms with Gasteiger partial charge < -0.3 is 5.32 Å². The van der Waals surface area contributed by atoms with Gasteiger partial charge in [-0.05, 0) is 42.7 Å². The lowest BCUT2D eigenvalue weighted by atomic mass is 9.65. The molecule has 1 saturated carbocycles. The third kappa shape index (κ3) is 3.10. The van der Waals surface area contributed by atoms with Crippen molar-refractivity contribution >= 4 is 0 Å². The molecule has 0 amide bonds. The summed E-state index contributed by atoms with van der Waals surface area (Å²) < 4.78 is 0. The molecule has 1 aliphatic carbocycles. The molecule has 0 aromatic heterocycles. The van der Waals surface area contributed by atoms with Crippen molar-refractivity contribution in [2.24, 2.45) is 5.41 Å². The molecular formula is C16H25N. The van der Waals surface area contributed by atoms with E-state index in [0.29, 0.717) is 11.5 Å². The minimum atomic E-state index is 0.538. The molecule has 94 valence electrons. The standard InChI is InChI=1S/C16H25N/c1-13(2)17-12-16(9-6-10-16)11-15-8-5-4-7-14(15)3/h4-5,7-8,13,17H,6,9-12H2,1-3H3. The van der Waals surface area contributed by atoms with Crippen LogP contribution in [0.3, 0.4) is 0 Å². The summed E-state index contributed by atoms with van der Waals surface area (Å²) >= 11 is 0. The Balaban J connectivity index is 2.02. The lowest BCUT2D eigenvalue weighted by molar-refractivity contribution is 0.126. The normalized spacial score (nSPS) is 18.1. The van der Waals surface area contributed by atoms with E-state index in [1.807, 2.05) is 0 Å². The molecule has 0 atom stereocenters. The van der Waals surface area contributed by atoms with Gasteiger partial charge in [0, 0.05) is 12.6 Å². The molecule has 1 aromatic carbocycles. The van der Waals surface area contributed by atoms with Crippen LogP contribution in [-0.4, -0.2) is 12.6 Å². The SMILES string of the molecule is Cc1ccccc1CC1(CNC(C)C)CCC1. The van der Waals surface area contributed by atoms with Crippen molar-refractivity contribution in [2.75, 3.05) is 6.54 Å². The van der Waals surface area contributed by atoms with E-state index in [-0.39, 0.29) is 0 Å². The summed E-state index contributed by atoms with van der Waals surface area (Å²) in [5.41, 5.74) is 3.53. The first-order chi connectivity index (χ1) is 8.11. The topological polar surface area (TPSA) is 12.0 Å². The molecule has 1 N–H and O–H groups in total.